The van der Waals surface area contributed by atoms with Crippen molar-refractivity contribution in [1.82, 2.24) is 4.72 Å². The summed E-state index contributed by atoms with van der Waals surface area (Å²) in [7, 11) is -4.14. The van der Waals surface area contributed by atoms with Crippen molar-refractivity contribution in [3.05, 3.63) is 53.6 Å². The Balaban J connectivity index is 2.60. The van der Waals surface area contributed by atoms with Crippen LogP contribution in [0.15, 0.2) is 53.4 Å². The smallest absolute Gasteiger partial charge is 0.418 e. The Hall–Kier alpha value is -2.05. The largest absolute Gasteiger partial charge is 0.464 e. The zero-order chi connectivity index (χ0) is 14.8. The summed E-state index contributed by atoms with van der Waals surface area (Å²) in [6.07, 6.45) is -1.63. The molecular weight excluding hydrogens is 302 g/mol. The Kier molecular flexibility index (Phi) is 3.96. The maximum absolute atomic E-state index is 12.0. The summed E-state index contributed by atoms with van der Waals surface area (Å²) in [4.78, 5) is 10.5. The van der Waals surface area contributed by atoms with Crippen LogP contribution in [0.1, 0.15) is 0 Å². The van der Waals surface area contributed by atoms with Gasteiger partial charge in [0.1, 0.15) is 0 Å². The van der Waals surface area contributed by atoms with E-state index in [1.807, 2.05) is 0 Å². The minimum atomic E-state index is -4.14. The number of benzene rings is 2. The van der Waals surface area contributed by atoms with Gasteiger partial charge in [-0.05, 0) is 23.8 Å². The van der Waals surface area contributed by atoms with E-state index < -0.39 is 16.1 Å². The fraction of sp³-hybridized carbons (Fsp3) is 0. The molecule has 0 aliphatic heterocycles. The molecule has 7 heteroatoms. The second-order valence-corrected chi connectivity index (χ2v) is 6.00. The van der Waals surface area contributed by atoms with Crippen molar-refractivity contribution in [2.75, 3.05) is 0 Å². The van der Waals surface area contributed by atoms with Crippen molar-refractivity contribution >= 4 is 27.7 Å². The highest BCUT2D eigenvalue weighted by Gasteiger charge is 2.21. The molecule has 0 saturated heterocycles. The Morgan fingerprint density at radius 2 is 1.80 bits per heavy atom. The highest BCUT2D eigenvalue weighted by molar-refractivity contribution is 7.90. The van der Waals surface area contributed by atoms with E-state index in [2.05, 4.69) is 0 Å². The van der Waals surface area contributed by atoms with Gasteiger partial charge in [0.05, 0.1) is 4.90 Å². The van der Waals surface area contributed by atoms with E-state index >= 15 is 0 Å². The van der Waals surface area contributed by atoms with E-state index in [9.17, 15) is 13.2 Å². The van der Waals surface area contributed by atoms with Crippen LogP contribution in [0.5, 0.6) is 0 Å². The lowest BCUT2D eigenvalue weighted by Gasteiger charge is -2.10. The third kappa shape index (κ3) is 3.09. The average molecular weight is 312 g/mol. The SMILES string of the molecule is O=C(O)NS(=O)(=O)c1ccccc1-c1cccc(Cl)c1. The third-order valence-corrected chi connectivity index (χ3v) is 4.15. The summed E-state index contributed by atoms with van der Waals surface area (Å²) < 4.78 is 25.5. The molecule has 0 spiro atoms. The number of sulfonamides is 1. The molecule has 104 valence electrons. The summed E-state index contributed by atoms with van der Waals surface area (Å²) in [6.45, 7) is 0. The van der Waals surface area contributed by atoms with Gasteiger partial charge in [-0.15, -0.1) is 0 Å². The topological polar surface area (TPSA) is 83.5 Å². The predicted octanol–water partition coefficient (Wildman–Crippen LogP) is 2.96. The molecule has 20 heavy (non-hydrogen) atoms. The predicted molar refractivity (Wildman–Crippen MR) is 75.2 cm³/mol. The zero-order valence-corrected chi connectivity index (χ0v) is 11.6. The van der Waals surface area contributed by atoms with Crippen LogP contribution >= 0.6 is 11.6 Å². The quantitative estimate of drug-likeness (QED) is 0.912. The van der Waals surface area contributed by atoms with Crippen molar-refractivity contribution in [2.24, 2.45) is 0 Å². The number of carboxylic acid groups (broad SMARTS) is 1. The standard InChI is InChI=1S/C13H10ClNO4S/c14-10-5-3-4-9(8-10)11-6-1-2-7-12(11)20(18,19)15-13(16)17/h1-8,15H,(H,16,17). The Bertz CT molecular complexity index is 758. The molecule has 0 atom stereocenters. The Labute approximate surface area is 120 Å². The first-order valence-electron chi connectivity index (χ1n) is 5.51. The highest BCUT2D eigenvalue weighted by Crippen LogP contribution is 2.28. The molecule has 0 aliphatic carbocycles. The molecule has 2 aromatic carbocycles. The second-order valence-electron chi connectivity index (χ2n) is 3.92. The van der Waals surface area contributed by atoms with Crippen molar-refractivity contribution in [3.63, 3.8) is 0 Å². The summed E-state index contributed by atoms with van der Waals surface area (Å²) >= 11 is 5.89. The van der Waals surface area contributed by atoms with Gasteiger partial charge in [0.25, 0.3) is 10.0 Å². The lowest BCUT2D eigenvalue weighted by atomic mass is 10.1. The van der Waals surface area contributed by atoms with Gasteiger partial charge in [-0.25, -0.2) is 17.9 Å². The maximum atomic E-state index is 12.0. The van der Waals surface area contributed by atoms with E-state index in [0.29, 0.717) is 16.1 Å². The van der Waals surface area contributed by atoms with Crippen molar-refractivity contribution < 1.29 is 18.3 Å². The first kappa shape index (κ1) is 14.4. The molecule has 0 aliphatic rings. The number of rotatable bonds is 3. The molecular formula is C13H10ClNO4S. The number of carbonyl (C=O) groups is 1. The van der Waals surface area contributed by atoms with Crippen LogP contribution in [-0.4, -0.2) is 19.6 Å². The normalized spacial score (nSPS) is 11.1. The Morgan fingerprint density at radius 1 is 1.10 bits per heavy atom. The maximum Gasteiger partial charge on any atom is 0.418 e. The van der Waals surface area contributed by atoms with Crippen LogP contribution in [0.3, 0.4) is 0 Å². The van der Waals surface area contributed by atoms with Gasteiger partial charge >= 0.3 is 6.09 Å². The van der Waals surface area contributed by atoms with E-state index in [1.54, 1.807) is 36.4 Å². The monoisotopic (exact) mass is 311 g/mol. The fourth-order valence-corrected chi connectivity index (χ4v) is 3.03. The lowest BCUT2D eigenvalue weighted by Crippen LogP contribution is -2.29. The minimum Gasteiger partial charge on any atom is -0.464 e. The molecule has 0 radical (unpaired) electrons. The van der Waals surface area contributed by atoms with Gasteiger partial charge in [-0.2, -0.15) is 0 Å². The first-order valence-corrected chi connectivity index (χ1v) is 7.37. The van der Waals surface area contributed by atoms with Gasteiger partial charge in [0.15, 0.2) is 0 Å². The number of hydrogen-bond acceptors (Lipinski definition) is 3. The summed E-state index contributed by atoms with van der Waals surface area (Å²) in [5.41, 5.74) is 0.965. The number of amides is 1. The van der Waals surface area contributed by atoms with E-state index in [-0.39, 0.29) is 4.90 Å². The molecule has 1 amide bonds. The average Bonchev–Trinajstić information content (AvgIpc) is 2.37. The van der Waals surface area contributed by atoms with Gasteiger partial charge < -0.3 is 5.11 Å². The molecule has 0 fully saturated rings. The lowest BCUT2D eigenvalue weighted by molar-refractivity contribution is 0.201. The van der Waals surface area contributed by atoms with Crippen molar-refractivity contribution in [1.29, 1.82) is 0 Å². The molecule has 0 saturated carbocycles. The molecule has 0 unspecified atom stereocenters. The number of hydrogen-bond donors (Lipinski definition) is 2. The minimum absolute atomic E-state index is 0.121. The number of halogens is 1. The molecule has 2 N–H and O–H groups in total. The van der Waals surface area contributed by atoms with E-state index in [1.165, 1.54) is 16.9 Å². The summed E-state index contributed by atoms with van der Waals surface area (Å²) in [5.74, 6) is 0. The van der Waals surface area contributed by atoms with E-state index in [0.717, 1.165) is 0 Å². The fourth-order valence-electron chi connectivity index (χ4n) is 1.77. The molecule has 0 heterocycles. The number of nitrogens with one attached hydrogen (secondary N) is 1. The van der Waals surface area contributed by atoms with Gasteiger partial charge in [-0.1, -0.05) is 41.9 Å². The Morgan fingerprint density at radius 3 is 2.45 bits per heavy atom. The zero-order valence-electron chi connectivity index (χ0n) is 10.1. The van der Waals surface area contributed by atoms with Crippen LogP contribution in [0, 0.1) is 0 Å². The van der Waals surface area contributed by atoms with Gasteiger partial charge in [0.2, 0.25) is 0 Å². The van der Waals surface area contributed by atoms with Crippen molar-refractivity contribution in [2.45, 2.75) is 4.90 Å². The van der Waals surface area contributed by atoms with Crippen LogP contribution < -0.4 is 4.72 Å². The third-order valence-electron chi connectivity index (χ3n) is 2.53. The van der Waals surface area contributed by atoms with Crippen molar-refractivity contribution in [3.8, 4) is 11.1 Å². The van der Waals surface area contributed by atoms with Crippen LogP contribution in [0.4, 0.5) is 4.79 Å². The highest BCUT2D eigenvalue weighted by atomic mass is 35.5. The second kappa shape index (κ2) is 5.52. The molecule has 0 bridgehead atoms. The molecule has 5 nitrogen and oxygen atoms in total. The molecule has 2 rings (SSSR count). The van der Waals surface area contributed by atoms with Crippen LogP contribution in [-0.2, 0) is 10.0 Å². The van der Waals surface area contributed by atoms with Crippen LogP contribution in [0.25, 0.3) is 11.1 Å². The molecule has 0 aromatic heterocycles. The van der Waals surface area contributed by atoms with E-state index in [4.69, 9.17) is 16.7 Å². The molecule has 2 aromatic rings. The van der Waals surface area contributed by atoms with Crippen LogP contribution in [0.2, 0.25) is 5.02 Å². The van der Waals surface area contributed by atoms with Gasteiger partial charge in [-0.3, -0.25) is 0 Å². The summed E-state index contributed by atoms with van der Waals surface area (Å²) in [6, 6.07) is 12.8. The first-order chi connectivity index (χ1) is 9.40. The van der Waals surface area contributed by atoms with Gasteiger partial charge in [0, 0.05) is 10.6 Å². The summed E-state index contributed by atoms with van der Waals surface area (Å²) in [5, 5.41) is 9.06.